The molecule has 1 aliphatic heterocycles. The summed E-state index contributed by atoms with van der Waals surface area (Å²) in [4.78, 5) is 11.4. The minimum absolute atomic E-state index is 0.211. The molecule has 0 spiro atoms. The van der Waals surface area contributed by atoms with E-state index < -0.39 is 15.6 Å². The maximum Gasteiger partial charge on any atom is 0.336 e. The number of fused-ring (bicyclic) bond motifs is 2. The van der Waals surface area contributed by atoms with Crippen molar-refractivity contribution in [3.8, 4) is 0 Å². The van der Waals surface area contributed by atoms with Crippen LogP contribution in [0.2, 0.25) is 0 Å². The van der Waals surface area contributed by atoms with Gasteiger partial charge in [0.2, 0.25) is 10.0 Å². The molecule has 6 heteroatoms. The third-order valence-corrected chi connectivity index (χ3v) is 6.17. The molecule has 3 aromatic rings. The summed E-state index contributed by atoms with van der Waals surface area (Å²) in [7, 11) is -3.59. The van der Waals surface area contributed by atoms with Crippen LogP contribution in [0.25, 0.3) is 11.0 Å². The van der Waals surface area contributed by atoms with Crippen molar-refractivity contribution in [3.05, 3.63) is 76.1 Å². The Kier molecular flexibility index (Phi) is 3.51. The SMILES string of the molecule is O=c1ccc2cc(S(=O)(=O)N3CCc4ccccc4C3)ccc2o1. The molecule has 24 heavy (non-hydrogen) atoms. The lowest BCUT2D eigenvalue weighted by Gasteiger charge is -2.28. The Balaban J connectivity index is 1.73. The summed E-state index contributed by atoms with van der Waals surface area (Å²) < 4.78 is 32.4. The quantitative estimate of drug-likeness (QED) is 0.672. The van der Waals surface area contributed by atoms with Crippen LogP contribution < -0.4 is 5.63 Å². The first-order valence-corrected chi connectivity index (χ1v) is 9.09. The lowest BCUT2D eigenvalue weighted by molar-refractivity contribution is 0.391. The number of hydrogen-bond acceptors (Lipinski definition) is 4. The molecule has 1 aliphatic rings. The van der Waals surface area contributed by atoms with E-state index in [0.717, 1.165) is 5.56 Å². The molecule has 0 amide bonds. The monoisotopic (exact) mass is 341 g/mol. The third kappa shape index (κ3) is 2.53. The van der Waals surface area contributed by atoms with Gasteiger partial charge in [0.25, 0.3) is 0 Å². The van der Waals surface area contributed by atoms with Crippen LogP contribution in [0, 0.1) is 0 Å². The van der Waals surface area contributed by atoms with E-state index in [1.807, 2.05) is 24.3 Å². The van der Waals surface area contributed by atoms with E-state index in [9.17, 15) is 13.2 Å². The minimum atomic E-state index is -3.59. The highest BCUT2D eigenvalue weighted by atomic mass is 32.2. The van der Waals surface area contributed by atoms with E-state index in [-0.39, 0.29) is 4.90 Å². The molecule has 0 radical (unpaired) electrons. The van der Waals surface area contributed by atoms with Crippen LogP contribution in [-0.2, 0) is 23.0 Å². The molecule has 5 nitrogen and oxygen atoms in total. The van der Waals surface area contributed by atoms with E-state index >= 15 is 0 Å². The second-order valence-electron chi connectivity index (χ2n) is 5.81. The normalized spacial score (nSPS) is 15.3. The third-order valence-electron chi connectivity index (χ3n) is 4.32. The standard InChI is InChI=1S/C18H15NO4S/c20-18-8-5-14-11-16(6-7-17(14)23-18)24(21,22)19-10-9-13-3-1-2-4-15(13)12-19/h1-8,11H,9-10,12H2. The Labute approximate surface area is 139 Å². The van der Waals surface area contributed by atoms with Crippen molar-refractivity contribution in [3.63, 3.8) is 0 Å². The van der Waals surface area contributed by atoms with Crippen LogP contribution in [0.3, 0.4) is 0 Å². The van der Waals surface area contributed by atoms with Crippen LogP contribution in [0.4, 0.5) is 0 Å². The van der Waals surface area contributed by atoms with Crippen molar-refractivity contribution in [2.75, 3.05) is 6.54 Å². The van der Waals surface area contributed by atoms with Gasteiger partial charge in [-0.3, -0.25) is 0 Å². The Bertz CT molecular complexity index is 1090. The molecule has 4 rings (SSSR count). The molecule has 2 aromatic carbocycles. The zero-order valence-electron chi connectivity index (χ0n) is 12.8. The maximum atomic E-state index is 12.9. The highest BCUT2D eigenvalue weighted by Gasteiger charge is 2.28. The zero-order chi connectivity index (χ0) is 16.7. The minimum Gasteiger partial charge on any atom is -0.423 e. The maximum absolute atomic E-state index is 12.9. The summed E-state index contributed by atoms with van der Waals surface area (Å²) >= 11 is 0. The van der Waals surface area contributed by atoms with Gasteiger partial charge in [0.15, 0.2) is 0 Å². The molecule has 0 saturated heterocycles. The second kappa shape index (κ2) is 5.58. The summed E-state index contributed by atoms with van der Waals surface area (Å²) in [5.74, 6) is 0. The van der Waals surface area contributed by atoms with Crippen molar-refractivity contribution in [2.24, 2.45) is 0 Å². The predicted octanol–water partition coefficient (Wildman–Crippen LogP) is 2.54. The molecule has 0 N–H and O–H groups in total. The fourth-order valence-electron chi connectivity index (χ4n) is 3.03. The fourth-order valence-corrected chi connectivity index (χ4v) is 4.49. The Hall–Kier alpha value is -2.44. The van der Waals surface area contributed by atoms with Crippen molar-refractivity contribution >= 4 is 21.0 Å². The highest BCUT2D eigenvalue weighted by molar-refractivity contribution is 7.89. The summed E-state index contributed by atoms with van der Waals surface area (Å²) in [6, 6.07) is 15.3. The molecule has 2 heterocycles. The van der Waals surface area contributed by atoms with Crippen molar-refractivity contribution in [2.45, 2.75) is 17.9 Å². The summed E-state index contributed by atoms with van der Waals surface area (Å²) in [5, 5.41) is 0.591. The van der Waals surface area contributed by atoms with Gasteiger partial charge in [-0.1, -0.05) is 24.3 Å². The molecule has 0 aliphatic carbocycles. The molecular weight excluding hydrogens is 326 g/mol. The molecule has 0 bridgehead atoms. The van der Waals surface area contributed by atoms with E-state index in [4.69, 9.17) is 4.42 Å². The Morgan fingerprint density at radius 3 is 2.58 bits per heavy atom. The van der Waals surface area contributed by atoms with E-state index in [1.165, 1.54) is 28.1 Å². The second-order valence-corrected chi connectivity index (χ2v) is 7.75. The van der Waals surface area contributed by atoms with Gasteiger partial charge in [-0.05, 0) is 41.8 Å². The first-order chi connectivity index (χ1) is 11.5. The first kappa shape index (κ1) is 15.1. The van der Waals surface area contributed by atoms with Crippen LogP contribution in [0.15, 0.2) is 68.7 Å². The lowest BCUT2D eigenvalue weighted by Crippen LogP contribution is -2.35. The van der Waals surface area contributed by atoms with E-state index in [0.29, 0.717) is 30.5 Å². The topological polar surface area (TPSA) is 67.6 Å². The molecule has 0 saturated carbocycles. The first-order valence-electron chi connectivity index (χ1n) is 7.65. The molecular formula is C18H15NO4S. The molecule has 0 atom stereocenters. The van der Waals surface area contributed by atoms with Gasteiger partial charge in [-0.25, -0.2) is 13.2 Å². The fraction of sp³-hybridized carbons (Fsp3) is 0.167. The number of sulfonamides is 1. The number of rotatable bonds is 2. The van der Waals surface area contributed by atoms with Crippen LogP contribution in [0.5, 0.6) is 0 Å². The molecule has 122 valence electrons. The summed E-state index contributed by atoms with van der Waals surface area (Å²) in [5.41, 5.74) is 2.17. The zero-order valence-corrected chi connectivity index (χ0v) is 13.6. The number of hydrogen-bond donors (Lipinski definition) is 0. The van der Waals surface area contributed by atoms with Crippen LogP contribution in [-0.4, -0.2) is 19.3 Å². The van der Waals surface area contributed by atoms with Gasteiger partial charge in [0.05, 0.1) is 4.90 Å². The average Bonchev–Trinajstić information content (AvgIpc) is 2.60. The van der Waals surface area contributed by atoms with Crippen LogP contribution in [0.1, 0.15) is 11.1 Å². The summed E-state index contributed by atoms with van der Waals surface area (Å²) in [6.07, 6.45) is 0.706. The van der Waals surface area contributed by atoms with Gasteiger partial charge >= 0.3 is 5.63 Å². The predicted molar refractivity (Wildman–Crippen MR) is 90.2 cm³/mol. The van der Waals surface area contributed by atoms with Gasteiger partial charge in [-0.15, -0.1) is 0 Å². The molecule has 1 aromatic heterocycles. The summed E-state index contributed by atoms with van der Waals surface area (Å²) in [6.45, 7) is 0.835. The van der Waals surface area contributed by atoms with E-state index in [2.05, 4.69) is 0 Å². The average molecular weight is 341 g/mol. The Morgan fingerprint density at radius 1 is 0.958 bits per heavy atom. The van der Waals surface area contributed by atoms with Gasteiger partial charge in [-0.2, -0.15) is 4.31 Å². The van der Waals surface area contributed by atoms with Crippen molar-refractivity contribution < 1.29 is 12.8 Å². The van der Waals surface area contributed by atoms with Crippen LogP contribution >= 0.6 is 0 Å². The number of nitrogens with zero attached hydrogens (tertiary/aromatic N) is 1. The Morgan fingerprint density at radius 2 is 1.75 bits per heavy atom. The lowest BCUT2D eigenvalue weighted by atomic mass is 10.0. The van der Waals surface area contributed by atoms with Crippen molar-refractivity contribution in [1.82, 2.24) is 4.31 Å². The highest BCUT2D eigenvalue weighted by Crippen LogP contribution is 2.26. The van der Waals surface area contributed by atoms with E-state index in [1.54, 1.807) is 12.1 Å². The van der Waals surface area contributed by atoms with Gasteiger partial charge < -0.3 is 4.42 Å². The van der Waals surface area contributed by atoms with Gasteiger partial charge in [0.1, 0.15) is 5.58 Å². The largest absolute Gasteiger partial charge is 0.423 e. The van der Waals surface area contributed by atoms with Gasteiger partial charge in [0, 0.05) is 24.5 Å². The molecule has 0 fully saturated rings. The van der Waals surface area contributed by atoms with Crippen molar-refractivity contribution in [1.29, 1.82) is 0 Å². The smallest absolute Gasteiger partial charge is 0.336 e. The molecule has 0 unspecified atom stereocenters. The number of benzene rings is 2.